The number of phenolic OH excluding ortho intramolecular Hbond substituents is 1. The lowest BCUT2D eigenvalue weighted by Gasteiger charge is -2.27. The Morgan fingerprint density at radius 2 is 1.68 bits per heavy atom. The first-order valence-electron chi connectivity index (χ1n) is 20.3. The Morgan fingerprint density at radius 3 is 2.44 bits per heavy atom. The van der Waals surface area contributed by atoms with E-state index >= 15 is 0 Å². The normalized spacial score (nSPS) is 16.6. The first-order chi connectivity index (χ1) is 29.8. The highest BCUT2D eigenvalue weighted by Gasteiger charge is 2.46. The molecule has 1 aliphatic carbocycles. The zero-order chi connectivity index (χ0) is 44.1. The summed E-state index contributed by atoms with van der Waals surface area (Å²) in [5.41, 5.74) is 3.27. The van der Waals surface area contributed by atoms with Gasteiger partial charge in [-0.05, 0) is 86.1 Å². The van der Waals surface area contributed by atoms with Crippen molar-refractivity contribution in [3.63, 3.8) is 0 Å². The molecule has 0 spiro atoms. The Balaban J connectivity index is 0.808. The number of amides is 8. The minimum absolute atomic E-state index is 0.00335. The fourth-order valence-corrected chi connectivity index (χ4v) is 7.73. The van der Waals surface area contributed by atoms with Gasteiger partial charge in [-0.15, -0.1) is 0 Å². The Kier molecular flexibility index (Phi) is 12.7. The van der Waals surface area contributed by atoms with E-state index in [1.165, 1.54) is 41.3 Å². The summed E-state index contributed by atoms with van der Waals surface area (Å²) in [5.74, 6) is -3.98. The van der Waals surface area contributed by atoms with Crippen molar-refractivity contribution >= 4 is 47.3 Å². The average molecular weight is 848 g/mol. The summed E-state index contributed by atoms with van der Waals surface area (Å²) in [5, 5.41) is 25.0. The molecule has 3 aliphatic rings. The Morgan fingerprint density at radius 1 is 0.887 bits per heavy atom. The van der Waals surface area contributed by atoms with Crippen LogP contribution in [0.25, 0.3) is 11.3 Å². The van der Waals surface area contributed by atoms with Crippen LogP contribution in [0.5, 0.6) is 11.5 Å². The molecular formula is C44H45N7O11. The van der Waals surface area contributed by atoms with Gasteiger partial charge in [-0.2, -0.15) is 0 Å². The maximum absolute atomic E-state index is 13.2. The number of ether oxygens (including phenoxy) is 1. The number of carbonyl (C=O) groups is 8. The molecule has 8 amide bonds. The average Bonchev–Trinajstić information content (AvgIpc) is 3.98. The molecule has 1 saturated heterocycles. The highest BCUT2D eigenvalue weighted by atomic mass is 16.5. The van der Waals surface area contributed by atoms with Gasteiger partial charge in [0, 0.05) is 63.3 Å². The molecule has 1 fully saturated rings. The molecule has 18 nitrogen and oxygen atoms in total. The summed E-state index contributed by atoms with van der Waals surface area (Å²) in [6, 6.07) is 14.8. The summed E-state index contributed by atoms with van der Waals surface area (Å²) in [6.07, 6.45) is 3.64. The quantitative estimate of drug-likeness (QED) is 0.0807. The second kappa shape index (κ2) is 18.5. The third-order valence-electron chi connectivity index (χ3n) is 11.0. The van der Waals surface area contributed by atoms with Crippen molar-refractivity contribution in [1.29, 1.82) is 0 Å². The minimum Gasteiger partial charge on any atom is -0.507 e. The van der Waals surface area contributed by atoms with E-state index in [0.717, 1.165) is 28.9 Å². The maximum Gasteiger partial charge on any atom is 0.273 e. The van der Waals surface area contributed by atoms with Crippen molar-refractivity contribution in [3.05, 3.63) is 99.7 Å². The van der Waals surface area contributed by atoms with Gasteiger partial charge in [-0.1, -0.05) is 23.4 Å². The lowest BCUT2D eigenvalue weighted by Crippen LogP contribution is -2.54. The zero-order valence-corrected chi connectivity index (χ0v) is 34.1. The van der Waals surface area contributed by atoms with Crippen molar-refractivity contribution in [2.24, 2.45) is 0 Å². The van der Waals surface area contributed by atoms with Crippen LogP contribution in [0.2, 0.25) is 0 Å². The van der Waals surface area contributed by atoms with Crippen LogP contribution in [0.15, 0.2) is 65.2 Å². The molecule has 0 bridgehead atoms. The number of unbranched alkanes of at least 4 members (excludes halogenated alkanes) is 2. The molecule has 18 heteroatoms. The van der Waals surface area contributed by atoms with Crippen molar-refractivity contribution in [1.82, 2.24) is 36.2 Å². The Bertz CT molecular complexity index is 2480. The predicted molar refractivity (Wildman–Crippen MR) is 219 cm³/mol. The molecule has 2 aliphatic heterocycles. The molecule has 3 aromatic carbocycles. The van der Waals surface area contributed by atoms with Crippen LogP contribution in [-0.2, 0) is 20.8 Å². The minimum atomic E-state index is -1.12. The molecule has 5 N–H and O–H groups in total. The number of aromatic hydroxyl groups is 1. The molecule has 3 heterocycles. The number of nitrogens with one attached hydrogen (secondary N) is 4. The van der Waals surface area contributed by atoms with Crippen LogP contribution < -0.4 is 26.0 Å². The topological polar surface area (TPSA) is 247 Å². The molecule has 2 atom stereocenters. The lowest BCUT2D eigenvalue weighted by molar-refractivity contribution is -0.136. The SMILES string of the molecule is CN(C)C(=O)c1ccc(-c2cc(C(=O)NCC3CCc4ccc(C(=O)NCCCCCNC(=O)COc5cccc6c5C(=O)N(C5CCC(=O)NC5=O)C6=O)cc43)no2)cc1O. The van der Waals surface area contributed by atoms with Crippen LogP contribution >= 0.6 is 0 Å². The Hall–Kier alpha value is -7.37. The fraction of sp³-hybridized carbons (Fsp3) is 0.341. The molecule has 62 heavy (non-hydrogen) atoms. The Labute approximate surface area is 355 Å². The van der Waals surface area contributed by atoms with Crippen molar-refractivity contribution < 1.29 is 52.7 Å². The predicted octanol–water partition coefficient (Wildman–Crippen LogP) is 2.71. The number of imide groups is 2. The number of nitrogens with zero attached hydrogens (tertiary/aromatic N) is 3. The number of aromatic nitrogens is 1. The molecule has 322 valence electrons. The van der Waals surface area contributed by atoms with Gasteiger partial charge < -0.3 is 35.2 Å². The van der Waals surface area contributed by atoms with E-state index in [9.17, 15) is 43.5 Å². The number of aryl methyl sites for hydroxylation is 1. The van der Waals surface area contributed by atoms with Crippen LogP contribution in [0.1, 0.15) is 107 Å². The van der Waals surface area contributed by atoms with Crippen LogP contribution in [-0.4, -0.2) is 114 Å². The third-order valence-corrected chi connectivity index (χ3v) is 11.0. The zero-order valence-electron chi connectivity index (χ0n) is 34.1. The van der Waals surface area contributed by atoms with E-state index in [1.54, 1.807) is 26.2 Å². The molecule has 1 aromatic heterocycles. The first-order valence-corrected chi connectivity index (χ1v) is 20.3. The lowest BCUT2D eigenvalue weighted by atomic mass is 9.98. The number of rotatable bonds is 16. The number of piperidine rings is 1. The first kappa shape index (κ1) is 42.7. The molecule has 2 unspecified atom stereocenters. The fourth-order valence-electron chi connectivity index (χ4n) is 7.73. The van der Waals surface area contributed by atoms with E-state index in [-0.39, 0.29) is 70.2 Å². The van der Waals surface area contributed by atoms with E-state index in [2.05, 4.69) is 26.4 Å². The number of benzene rings is 3. The summed E-state index contributed by atoms with van der Waals surface area (Å²) in [6.45, 7) is 0.688. The number of hydrogen-bond acceptors (Lipinski definition) is 12. The highest BCUT2D eigenvalue weighted by molar-refractivity contribution is 6.24. The van der Waals surface area contributed by atoms with Gasteiger partial charge in [0.1, 0.15) is 17.5 Å². The molecule has 4 aromatic rings. The summed E-state index contributed by atoms with van der Waals surface area (Å²) in [7, 11) is 3.16. The summed E-state index contributed by atoms with van der Waals surface area (Å²) < 4.78 is 11.0. The van der Waals surface area contributed by atoms with Gasteiger partial charge in [0.05, 0.1) is 16.7 Å². The van der Waals surface area contributed by atoms with Crippen LogP contribution in [0.3, 0.4) is 0 Å². The van der Waals surface area contributed by atoms with Crippen LogP contribution in [0, 0.1) is 0 Å². The van der Waals surface area contributed by atoms with E-state index in [0.29, 0.717) is 50.0 Å². The van der Waals surface area contributed by atoms with Crippen molar-refractivity contribution in [3.8, 4) is 22.8 Å². The molecule has 0 radical (unpaired) electrons. The summed E-state index contributed by atoms with van der Waals surface area (Å²) in [4.78, 5) is 103. The van der Waals surface area contributed by atoms with E-state index < -0.39 is 48.1 Å². The van der Waals surface area contributed by atoms with E-state index in [1.807, 2.05) is 12.1 Å². The molecule has 0 saturated carbocycles. The standard InChI is InChI=1S/C44H45N7O11/c1-50(2)42(58)28-14-13-25(20-33(28)52)35-21-31(49-62-35)40(56)47-22-27-12-10-24-9-11-26(19-30(24)27)39(55)46-18-5-3-4-17-45-37(54)23-61-34-8-6-7-29-38(34)44(60)51(43(29)59)32-15-16-36(53)48-41(32)57/h6-9,11,13-14,19-21,27,32,52H,3-5,10,12,15-18,22-23H2,1-2H3,(H,45,54)(H,46,55)(H,47,56)(H,48,53,57). The van der Waals surface area contributed by atoms with Gasteiger partial charge in [0.25, 0.3) is 35.4 Å². The number of hydrogen-bond donors (Lipinski definition) is 5. The third kappa shape index (κ3) is 9.18. The smallest absolute Gasteiger partial charge is 0.273 e. The van der Waals surface area contributed by atoms with Crippen LogP contribution in [0.4, 0.5) is 0 Å². The van der Waals surface area contributed by atoms with Gasteiger partial charge in [0.2, 0.25) is 11.8 Å². The van der Waals surface area contributed by atoms with Gasteiger partial charge >= 0.3 is 0 Å². The number of carbonyl (C=O) groups excluding carboxylic acids is 8. The number of fused-ring (bicyclic) bond motifs is 2. The second-order valence-corrected chi connectivity index (χ2v) is 15.4. The second-order valence-electron chi connectivity index (χ2n) is 15.4. The van der Waals surface area contributed by atoms with Gasteiger partial charge in [-0.3, -0.25) is 48.6 Å². The monoisotopic (exact) mass is 847 g/mol. The largest absolute Gasteiger partial charge is 0.507 e. The maximum atomic E-state index is 13.2. The highest BCUT2D eigenvalue weighted by Crippen LogP contribution is 2.35. The molecular weight excluding hydrogens is 803 g/mol. The molecule has 7 rings (SSSR count). The van der Waals surface area contributed by atoms with Gasteiger partial charge in [-0.25, -0.2) is 0 Å². The van der Waals surface area contributed by atoms with Gasteiger partial charge in [0.15, 0.2) is 18.1 Å². The van der Waals surface area contributed by atoms with Crippen molar-refractivity contribution in [2.75, 3.05) is 40.3 Å². The van der Waals surface area contributed by atoms with E-state index in [4.69, 9.17) is 9.26 Å². The number of phenols is 1. The summed E-state index contributed by atoms with van der Waals surface area (Å²) >= 11 is 0. The van der Waals surface area contributed by atoms with Crippen molar-refractivity contribution in [2.45, 2.75) is 56.9 Å².